The topological polar surface area (TPSA) is 130 Å². The lowest BCUT2D eigenvalue weighted by Gasteiger charge is -2.21. The van der Waals surface area contributed by atoms with Crippen LogP contribution >= 0.6 is 0 Å². The maximum atomic E-state index is 12.7. The number of likely N-dealkylation sites (tertiary alicyclic amines) is 1. The highest BCUT2D eigenvalue weighted by atomic mass is 32.2. The van der Waals surface area contributed by atoms with Gasteiger partial charge >= 0.3 is 5.97 Å². The molecule has 4 rings (SSSR count). The summed E-state index contributed by atoms with van der Waals surface area (Å²) < 4.78 is 31.9. The van der Waals surface area contributed by atoms with Gasteiger partial charge in [0.1, 0.15) is 6.04 Å². The number of ether oxygens (including phenoxy) is 1. The van der Waals surface area contributed by atoms with Crippen LogP contribution in [0, 0.1) is 11.8 Å². The van der Waals surface area contributed by atoms with E-state index >= 15 is 0 Å². The van der Waals surface area contributed by atoms with Crippen LogP contribution in [0.1, 0.15) is 45.4 Å². The molecule has 3 amide bonds. The Morgan fingerprint density at radius 1 is 1.06 bits per heavy atom. The summed E-state index contributed by atoms with van der Waals surface area (Å²) in [6, 6.07) is 4.77. The van der Waals surface area contributed by atoms with Gasteiger partial charge in [-0.05, 0) is 50.8 Å². The van der Waals surface area contributed by atoms with Crippen LogP contribution in [0.5, 0.6) is 0 Å². The second-order valence-electron chi connectivity index (χ2n) is 9.01. The first-order chi connectivity index (χ1) is 16.2. The smallest absolute Gasteiger partial charge is 0.329 e. The number of hydrogen-bond acceptors (Lipinski definition) is 7. The third-order valence-electron chi connectivity index (χ3n) is 6.77. The minimum Gasteiger partial charge on any atom is -0.454 e. The van der Waals surface area contributed by atoms with Crippen LogP contribution in [0.25, 0.3) is 0 Å². The summed E-state index contributed by atoms with van der Waals surface area (Å²) in [4.78, 5) is 51.2. The predicted molar refractivity (Wildman–Crippen MR) is 121 cm³/mol. The molecule has 2 saturated heterocycles. The molecule has 2 heterocycles. The van der Waals surface area contributed by atoms with Crippen molar-refractivity contribution in [3.05, 3.63) is 24.3 Å². The number of nitrogens with zero attached hydrogens (tertiary/aromatic N) is 2. The van der Waals surface area contributed by atoms with Gasteiger partial charge in [0, 0.05) is 18.8 Å². The van der Waals surface area contributed by atoms with Crippen LogP contribution in [0.15, 0.2) is 29.2 Å². The number of sulfonamides is 1. The average molecular weight is 492 g/mol. The molecule has 2 aliphatic heterocycles. The van der Waals surface area contributed by atoms with Gasteiger partial charge in [0.25, 0.3) is 5.91 Å². The lowest BCUT2D eigenvalue weighted by molar-refractivity contribution is -0.159. The number of carbonyl (C=O) groups is 4. The van der Waals surface area contributed by atoms with E-state index in [2.05, 4.69) is 5.32 Å². The molecule has 3 fully saturated rings. The first kappa shape index (κ1) is 24.3. The fraction of sp³-hybridized carbons (Fsp3) is 0.565. The highest BCUT2D eigenvalue weighted by Gasteiger charge is 2.51. The SMILES string of the molecule is CC(C(=O)OCC(=O)Nc1cccc(S(=O)(=O)N2CCCC2)c1)N1C(=O)C2CCCCC2C1=O. The van der Waals surface area contributed by atoms with Crippen LogP contribution < -0.4 is 5.32 Å². The Kier molecular flexibility index (Phi) is 7.04. The van der Waals surface area contributed by atoms with Crippen molar-refractivity contribution >= 4 is 39.4 Å². The van der Waals surface area contributed by atoms with Gasteiger partial charge < -0.3 is 10.1 Å². The fourth-order valence-electron chi connectivity index (χ4n) is 4.94. The minimum absolute atomic E-state index is 0.0744. The molecule has 1 aromatic carbocycles. The summed E-state index contributed by atoms with van der Waals surface area (Å²) in [5.74, 6) is -2.95. The number of benzene rings is 1. The highest BCUT2D eigenvalue weighted by Crippen LogP contribution is 2.38. The number of amides is 3. The van der Waals surface area contributed by atoms with Crippen LogP contribution in [0.3, 0.4) is 0 Å². The van der Waals surface area contributed by atoms with E-state index in [0.717, 1.165) is 30.6 Å². The summed E-state index contributed by atoms with van der Waals surface area (Å²) in [7, 11) is -3.64. The highest BCUT2D eigenvalue weighted by molar-refractivity contribution is 7.89. The van der Waals surface area contributed by atoms with Gasteiger partial charge in [-0.2, -0.15) is 4.31 Å². The van der Waals surface area contributed by atoms with Crippen molar-refractivity contribution in [2.24, 2.45) is 11.8 Å². The molecule has 10 nitrogen and oxygen atoms in total. The summed E-state index contributed by atoms with van der Waals surface area (Å²) in [5, 5.41) is 2.52. The number of carbonyl (C=O) groups excluding carboxylic acids is 4. The van der Waals surface area contributed by atoms with E-state index in [1.807, 2.05) is 0 Å². The number of rotatable bonds is 7. The first-order valence-electron chi connectivity index (χ1n) is 11.6. The second kappa shape index (κ2) is 9.83. The average Bonchev–Trinajstić information content (AvgIpc) is 3.46. The molecule has 184 valence electrons. The zero-order valence-electron chi connectivity index (χ0n) is 19.1. The molecule has 0 bridgehead atoms. The zero-order chi connectivity index (χ0) is 24.5. The molecule has 3 aliphatic rings. The van der Waals surface area contributed by atoms with Crippen LogP contribution in [-0.2, 0) is 33.9 Å². The van der Waals surface area contributed by atoms with Crippen molar-refractivity contribution in [3.63, 3.8) is 0 Å². The van der Waals surface area contributed by atoms with E-state index in [1.54, 1.807) is 0 Å². The Morgan fingerprint density at radius 3 is 2.29 bits per heavy atom. The molecule has 34 heavy (non-hydrogen) atoms. The third-order valence-corrected chi connectivity index (χ3v) is 8.66. The lowest BCUT2D eigenvalue weighted by atomic mass is 9.81. The maximum absolute atomic E-state index is 12.7. The Morgan fingerprint density at radius 2 is 1.68 bits per heavy atom. The van der Waals surface area contributed by atoms with Crippen molar-refractivity contribution in [2.45, 2.75) is 56.4 Å². The number of esters is 1. The molecule has 1 N–H and O–H groups in total. The summed E-state index contributed by atoms with van der Waals surface area (Å²) in [6.07, 6.45) is 4.68. The second-order valence-corrected chi connectivity index (χ2v) is 11.0. The Balaban J connectivity index is 1.33. The normalized spacial score (nSPS) is 24.1. The molecule has 0 radical (unpaired) electrons. The van der Waals surface area contributed by atoms with Gasteiger partial charge in [-0.1, -0.05) is 18.9 Å². The molecule has 1 saturated carbocycles. The van der Waals surface area contributed by atoms with Crippen LogP contribution in [-0.4, -0.2) is 67.1 Å². The monoisotopic (exact) mass is 491 g/mol. The van der Waals surface area contributed by atoms with Gasteiger partial charge in [0.05, 0.1) is 16.7 Å². The molecular formula is C23H29N3O7S. The minimum atomic E-state index is -3.64. The number of imide groups is 1. The van der Waals surface area contributed by atoms with E-state index in [-0.39, 0.29) is 34.2 Å². The van der Waals surface area contributed by atoms with Gasteiger partial charge in [0.15, 0.2) is 6.61 Å². The summed E-state index contributed by atoms with van der Waals surface area (Å²) in [5.41, 5.74) is 0.253. The van der Waals surface area contributed by atoms with Gasteiger partial charge in [-0.3, -0.25) is 19.3 Å². The van der Waals surface area contributed by atoms with Crippen molar-refractivity contribution in [3.8, 4) is 0 Å². The van der Waals surface area contributed by atoms with Crippen molar-refractivity contribution < 1.29 is 32.3 Å². The van der Waals surface area contributed by atoms with Gasteiger partial charge in [-0.25, -0.2) is 13.2 Å². The number of hydrogen-bond donors (Lipinski definition) is 1. The molecule has 1 aliphatic carbocycles. The third kappa shape index (κ3) is 4.72. The summed E-state index contributed by atoms with van der Waals surface area (Å²) in [6.45, 7) is 1.72. The fourth-order valence-corrected chi connectivity index (χ4v) is 6.50. The van der Waals surface area contributed by atoms with Crippen molar-refractivity contribution in [2.75, 3.05) is 25.0 Å². The standard InChI is InChI=1S/C23H29N3O7S/c1-15(26-21(28)18-9-2-3-10-19(18)22(26)29)23(30)33-14-20(27)24-16-7-6-8-17(13-16)34(31,32)25-11-4-5-12-25/h6-8,13,15,18-19H,2-5,9-12,14H2,1H3,(H,24,27). The van der Waals surface area contributed by atoms with E-state index in [9.17, 15) is 27.6 Å². The molecule has 3 unspecified atom stereocenters. The first-order valence-corrected chi connectivity index (χ1v) is 13.1. The molecule has 0 aromatic heterocycles. The molecule has 3 atom stereocenters. The van der Waals surface area contributed by atoms with Crippen molar-refractivity contribution in [1.82, 2.24) is 9.21 Å². The molecule has 1 aromatic rings. The summed E-state index contributed by atoms with van der Waals surface area (Å²) >= 11 is 0. The Hall–Kier alpha value is -2.79. The van der Waals surface area contributed by atoms with Gasteiger partial charge in [-0.15, -0.1) is 0 Å². The van der Waals surface area contributed by atoms with E-state index in [4.69, 9.17) is 4.74 Å². The maximum Gasteiger partial charge on any atom is 0.329 e. The number of anilines is 1. The number of nitrogens with one attached hydrogen (secondary N) is 1. The van der Waals surface area contributed by atoms with E-state index in [1.165, 1.54) is 35.5 Å². The molecular weight excluding hydrogens is 462 g/mol. The Bertz CT molecular complexity index is 1070. The predicted octanol–water partition coefficient (Wildman–Crippen LogP) is 1.52. The van der Waals surface area contributed by atoms with Crippen LogP contribution in [0.4, 0.5) is 5.69 Å². The Labute approximate surface area is 198 Å². The number of fused-ring (bicyclic) bond motifs is 1. The lowest BCUT2D eigenvalue weighted by Crippen LogP contribution is -2.45. The van der Waals surface area contributed by atoms with E-state index in [0.29, 0.717) is 25.9 Å². The largest absolute Gasteiger partial charge is 0.454 e. The van der Waals surface area contributed by atoms with E-state index < -0.39 is 34.5 Å². The molecule has 11 heteroatoms. The van der Waals surface area contributed by atoms with Crippen molar-refractivity contribution in [1.29, 1.82) is 0 Å². The zero-order valence-corrected chi connectivity index (χ0v) is 19.9. The molecule has 0 spiro atoms. The quantitative estimate of drug-likeness (QED) is 0.452. The van der Waals surface area contributed by atoms with Gasteiger partial charge in [0.2, 0.25) is 21.8 Å². The van der Waals surface area contributed by atoms with Crippen LogP contribution in [0.2, 0.25) is 0 Å².